The van der Waals surface area contributed by atoms with E-state index in [2.05, 4.69) is 9.88 Å². The van der Waals surface area contributed by atoms with Crippen LogP contribution in [0.2, 0.25) is 0 Å². The number of hydrogen-bond donors (Lipinski definition) is 1. The van der Waals surface area contributed by atoms with Gasteiger partial charge < -0.3 is 9.88 Å². The van der Waals surface area contributed by atoms with Crippen molar-refractivity contribution in [3.05, 3.63) is 18.0 Å². The van der Waals surface area contributed by atoms with Crippen LogP contribution in [0.4, 0.5) is 0 Å². The van der Waals surface area contributed by atoms with Gasteiger partial charge in [0.2, 0.25) is 10.0 Å². The Morgan fingerprint density at radius 3 is 2.60 bits per heavy atom. The molecule has 1 N–H and O–H groups in total. The van der Waals surface area contributed by atoms with Gasteiger partial charge in [-0.15, -0.1) is 0 Å². The van der Waals surface area contributed by atoms with Crippen LogP contribution in [0, 0.1) is 0 Å². The number of nitrogens with zero attached hydrogens (tertiary/aromatic N) is 2. The zero-order valence-electron chi connectivity index (χ0n) is 12.6. The Kier molecular flexibility index (Phi) is 4.88. The highest BCUT2D eigenvalue weighted by Gasteiger charge is 2.30. The fourth-order valence-corrected chi connectivity index (χ4v) is 4.09. The van der Waals surface area contributed by atoms with Crippen molar-refractivity contribution < 1.29 is 8.42 Å². The summed E-state index contributed by atoms with van der Waals surface area (Å²) in [6.45, 7) is 5.69. The molecule has 1 aliphatic carbocycles. The van der Waals surface area contributed by atoms with E-state index in [9.17, 15) is 8.42 Å². The summed E-state index contributed by atoms with van der Waals surface area (Å²) in [7, 11) is -1.47. The van der Waals surface area contributed by atoms with Crippen molar-refractivity contribution in [2.45, 2.75) is 50.6 Å². The number of nitrogens with one attached hydrogen (secondary N) is 1. The van der Waals surface area contributed by atoms with Gasteiger partial charge in [-0.25, -0.2) is 8.42 Å². The average molecular weight is 299 g/mol. The average Bonchev–Trinajstić information content (AvgIpc) is 3.17. The molecule has 5 nitrogen and oxygen atoms in total. The highest BCUT2D eigenvalue weighted by Crippen LogP contribution is 2.37. The summed E-state index contributed by atoms with van der Waals surface area (Å²) in [6.07, 6.45) is 4.95. The first kappa shape index (κ1) is 15.5. The predicted molar refractivity (Wildman–Crippen MR) is 80.2 cm³/mol. The third-order valence-corrected chi connectivity index (χ3v) is 5.61. The SMILES string of the molecule is CCCN(CC)S(=O)(=O)c1cc(CNC)n(C2CC2)c1. The first-order valence-electron chi connectivity index (χ1n) is 7.40. The molecule has 1 fully saturated rings. The first-order chi connectivity index (χ1) is 9.54. The fraction of sp³-hybridized carbons (Fsp3) is 0.714. The zero-order chi connectivity index (χ0) is 14.8. The molecule has 1 aromatic rings. The quantitative estimate of drug-likeness (QED) is 0.798. The minimum atomic E-state index is -3.35. The van der Waals surface area contributed by atoms with Crippen molar-refractivity contribution in [3.63, 3.8) is 0 Å². The lowest BCUT2D eigenvalue weighted by Gasteiger charge is -2.18. The Labute approximate surface area is 122 Å². The second kappa shape index (κ2) is 6.28. The van der Waals surface area contributed by atoms with Crippen molar-refractivity contribution in [1.29, 1.82) is 0 Å². The topological polar surface area (TPSA) is 54.3 Å². The van der Waals surface area contributed by atoms with Gasteiger partial charge in [0.25, 0.3) is 0 Å². The Morgan fingerprint density at radius 1 is 1.40 bits per heavy atom. The minimum absolute atomic E-state index is 0.435. The predicted octanol–water partition coefficient (Wildman–Crippen LogP) is 1.96. The van der Waals surface area contributed by atoms with Gasteiger partial charge in [0.15, 0.2) is 0 Å². The lowest BCUT2D eigenvalue weighted by Crippen LogP contribution is -2.31. The molecule has 114 valence electrons. The van der Waals surface area contributed by atoms with Gasteiger partial charge in [-0.05, 0) is 32.4 Å². The summed E-state index contributed by atoms with van der Waals surface area (Å²) in [5.74, 6) is 0. The van der Waals surface area contributed by atoms with Crippen molar-refractivity contribution in [2.75, 3.05) is 20.1 Å². The van der Waals surface area contributed by atoms with Crippen LogP contribution < -0.4 is 5.32 Å². The summed E-state index contributed by atoms with van der Waals surface area (Å²) in [4.78, 5) is 0.435. The van der Waals surface area contributed by atoms with E-state index in [4.69, 9.17) is 0 Å². The van der Waals surface area contributed by atoms with Gasteiger partial charge in [-0.3, -0.25) is 0 Å². The molecule has 0 amide bonds. The molecule has 1 aromatic heterocycles. The summed E-state index contributed by atoms with van der Waals surface area (Å²) < 4.78 is 29.0. The van der Waals surface area contributed by atoms with Gasteiger partial charge in [0, 0.05) is 37.6 Å². The largest absolute Gasteiger partial charge is 0.346 e. The molecule has 0 aromatic carbocycles. The summed E-state index contributed by atoms with van der Waals surface area (Å²) in [5.41, 5.74) is 1.06. The summed E-state index contributed by atoms with van der Waals surface area (Å²) >= 11 is 0. The zero-order valence-corrected chi connectivity index (χ0v) is 13.4. The van der Waals surface area contributed by atoms with E-state index in [1.54, 1.807) is 4.31 Å². The van der Waals surface area contributed by atoms with Gasteiger partial charge in [-0.1, -0.05) is 13.8 Å². The third-order valence-electron chi connectivity index (χ3n) is 3.67. The van der Waals surface area contributed by atoms with E-state index in [1.165, 1.54) is 0 Å². The van der Waals surface area contributed by atoms with Gasteiger partial charge in [0.1, 0.15) is 4.90 Å². The molecule has 0 atom stereocenters. The minimum Gasteiger partial charge on any atom is -0.346 e. The molecule has 1 heterocycles. The Bertz CT molecular complexity index is 547. The Balaban J connectivity index is 2.33. The lowest BCUT2D eigenvalue weighted by atomic mass is 10.4. The van der Waals surface area contributed by atoms with E-state index < -0.39 is 10.0 Å². The maximum absolute atomic E-state index is 12.7. The van der Waals surface area contributed by atoms with Crippen LogP contribution >= 0.6 is 0 Å². The standard InChI is InChI=1S/C14H25N3O2S/c1-4-8-16(5-2)20(18,19)14-9-13(10-15-3)17(11-14)12-6-7-12/h9,11-12,15H,4-8,10H2,1-3H3. The van der Waals surface area contributed by atoms with Crippen LogP contribution in [0.25, 0.3) is 0 Å². The molecular weight excluding hydrogens is 274 g/mol. The number of hydrogen-bond acceptors (Lipinski definition) is 3. The van der Waals surface area contributed by atoms with Crippen molar-refractivity contribution in [1.82, 2.24) is 14.2 Å². The van der Waals surface area contributed by atoms with Gasteiger partial charge in [-0.2, -0.15) is 4.31 Å². The highest BCUT2D eigenvalue weighted by atomic mass is 32.2. The molecule has 0 saturated heterocycles. The van der Waals surface area contributed by atoms with Crippen LogP contribution in [-0.2, 0) is 16.6 Å². The van der Waals surface area contributed by atoms with Crippen LogP contribution in [0.5, 0.6) is 0 Å². The molecular formula is C14H25N3O2S. The maximum atomic E-state index is 12.7. The van der Waals surface area contributed by atoms with Crippen molar-refractivity contribution in [3.8, 4) is 0 Å². The van der Waals surface area contributed by atoms with E-state index in [0.29, 0.717) is 30.6 Å². The van der Waals surface area contributed by atoms with Crippen molar-refractivity contribution >= 4 is 10.0 Å². The highest BCUT2D eigenvalue weighted by molar-refractivity contribution is 7.89. The molecule has 0 aliphatic heterocycles. The van der Waals surface area contributed by atoms with Crippen LogP contribution in [0.3, 0.4) is 0 Å². The Hall–Kier alpha value is -0.850. The Morgan fingerprint density at radius 2 is 2.10 bits per heavy atom. The van der Waals surface area contributed by atoms with E-state index in [-0.39, 0.29) is 0 Å². The maximum Gasteiger partial charge on any atom is 0.244 e. The summed E-state index contributed by atoms with van der Waals surface area (Å²) in [6, 6.07) is 2.31. The summed E-state index contributed by atoms with van der Waals surface area (Å²) in [5, 5.41) is 3.11. The van der Waals surface area contributed by atoms with Crippen molar-refractivity contribution in [2.24, 2.45) is 0 Å². The number of sulfonamides is 1. The molecule has 0 radical (unpaired) electrons. The lowest BCUT2D eigenvalue weighted by molar-refractivity contribution is 0.427. The van der Waals surface area contributed by atoms with E-state index in [1.807, 2.05) is 33.2 Å². The second-order valence-electron chi connectivity index (χ2n) is 5.33. The van der Waals surface area contributed by atoms with Crippen LogP contribution in [-0.4, -0.2) is 37.4 Å². The fourth-order valence-electron chi connectivity index (χ4n) is 2.50. The molecule has 20 heavy (non-hydrogen) atoms. The number of aromatic nitrogens is 1. The van der Waals surface area contributed by atoms with Gasteiger partial charge >= 0.3 is 0 Å². The molecule has 0 bridgehead atoms. The second-order valence-corrected chi connectivity index (χ2v) is 7.27. The third kappa shape index (κ3) is 3.07. The monoisotopic (exact) mass is 299 g/mol. The molecule has 6 heteroatoms. The first-order valence-corrected chi connectivity index (χ1v) is 8.84. The van der Waals surface area contributed by atoms with E-state index >= 15 is 0 Å². The smallest absolute Gasteiger partial charge is 0.244 e. The van der Waals surface area contributed by atoms with Crippen LogP contribution in [0.1, 0.15) is 44.8 Å². The van der Waals surface area contributed by atoms with Crippen LogP contribution in [0.15, 0.2) is 17.2 Å². The molecule has 1 aliphatic rings. The van der Waals surface area contributed by atoms with E-state index in [0.717, 1.165) is 25.0 Å². The molecule has 0 unspecified atom stereocenters. The molecule has 1 saturated carbocycles. The molecule has 2 rings (SSSR count). The van der Waals surface area contributed by atoms with Gasteiger partial charge in [0.05, 0.1) is 0 Å². The molecule has 0 spiro atoms. The number of rotatable bonds is 8. The normalized spacial score (nSPS) is 16.0.